The fraction of sp³-hybridized carbons (Fsp3) is 0.400. The minimum atomic E-state index is -0.462. The minimum Gasteiger partial charge on any atom is -0.485 e. The van der Waals surface area contributed by atoms with Crippen molar-refractivity contribution in [3.63, 3.8) is 0 Å². The Bertz CT molecular complexity index is 708. The monoisotopic (exact) mass is 296 g/mol. The summed E-state index contributed by atoms with van der Waals surface area (Å²) in [6.45, 7) is 10.5. The summed E-state index contributed by atoms with van der Waals surface area (Å²) in [5.74, 6) is 0.831. The maximum atomic E-state index is 10.6. The van der Waals surface area contributed by atoms with E-state index in [4.69, 9.17) is 4.74 Å². The second-order valence-electron chi connectivity index (χ2n) is 6.63. The van der Waals surface area contributed by atoms with Gasteiger partial charge in [0.1, 0.15) is 11.9 Å². The highest BCUT2D eigenvalue weighted by molar-refractivity contribution is 5.47. The van der Waals surface area contributed by atoms with Gasteiger partial charge in [0.15, 0.2) is 0 Å². The summed E-state index contributed by atoms with van der Waals surface area (Å²) < 4.78 is 6.24. The zero-order valence-electron chi connectivity index (χ0n) is 14.0. The van der Waals surface area contributed by atoms with Crippen LogP contribution in [0.2, 0.25) is 0 Å². The SMILES string of the molecule is Cc1cc(C)c2c(c1)OC(c1cc(C)c(C)c(C)c1)CC2O. The van der Waals surface area contributed by atoms with Crippen molar-refractivity contribution in [2.75, 3.05) is 0 Å². The number of aliphatic hydroxyl groups is 1. The lowest BCUT2D eigenvalue weighted by Crippen LogP contribution is -2.20. The van der Waals surface area contributed by atoms with Crippen molar-refractivity contribution in [3.05, 3.63) is 63.2 Å². The maximum absolute atomic E-state index is 10.6. The van der Waals surface area contributed by atoms with E-state index in [1.807, 2.05) is 13.0 Å². The van der Waals surface area contributed by atoms with Gasteiger partial charge in [-0.15, -0.1) is 0 Å². The molecule has 2 nitrogen and oxygen atoms in total. The molecular formula is C20H24O2. The summed E-state index contributed by atoms with van der Waals surface area (Å²) in [6, 6.07) is 8.51. The van der Waals surface area contributed by atoms with Crippen LogP contribution in [0.3, 0.4) is 0 Å². The van der Waals surface area contributed by atoms with E-state index in [1.165, 1.54) is 22.3 Å². The van der Waals surface area contributed by atoms with E-state index < -0.39 is 6.10 Å². The van der Waals surface area contributed by atoms with Crippen LogP contribution in [0.5, 0.6) is 5.75 Å². The van der Waals surface area contributed by atoms with Crippen LogP contribution in [0.15, 0.2) is 24.3 Å². The van der Waals surface area contributed by atoms with Gasteiger partial charge in [0, 0.05) is 12.0 Å². The summed E-state index contributed by atoms with van der Waals surface area (Å²) in [5.41, 5.74) is 8.26. The highest BCUT2D eigenvalue weighted by Crippen LogP contribution is 2.43. The van der Waals surface area contributed by atoms with Crippen LogP contribution in [0.25, 0.3) is 0 Å². The predicted molar refractivity (Wildman–Crippen MR) is 89.5 cm³/mol. The predicted octanol–water partition coefficient (Wildman–Crippen LogP) is 4.79. The molecule has 0 fully saturated rings. The summed E-state index contributed by atoms with van der Waals surface area (Å²) in [4.78, 5) is 0. The number of aryl methyl sites for hydroxylation is 4. The first-order chi connectivity index (χ1) is 10.4. The molecule has 3 rings (SSSR count). The molecule has 0 saturated carbocycles. The third-order valence-electron chi connectivity index (χ3n) is 4.85. The average molecular weight is 296 g/mol. The molecule has 2 heteroatoms. The third-order valence-corrected chi connectivity index (χ3v) is 4.85. The molecule has 0 bridgehead atoms. The summed E-state index contributed by atoms with van der Waals surface area (Å²) in [5, 5.41) is 10.6. The van der Waals surface area contributed by atoms with Crippen LogP contribution < -0.4 is 4.74 Å². The molecule has 0 saturated heterocycles. The lowest BCUT2D eigenvalue weighted by molar-refractivity contribution is 0.0650. The molecule has 1 aliphatic heterocycles. The van der Waals surface area contributed by atoms with E-state index in [9.17, 15) is 5.11 Å². The molecule has 0 aromatic heterocycles. The first kappa shape index (κ1) is 15.1. The maximum Gasteiger partial charge on any atom is 0.127 e. The Morgan fingerprint density at radius 1 is 0.909 bits per heavy atom. The van der Waals surface area contributed by atoms with Gasteiger partial charge in [0.2, 0.25) is 0 Å². The minimum absolute atomic E-state index is 0.0818. The number of ether oxygens (including phenoxy) is 1. The molecule has 0 spiro atoms. The zero-order chi connectivity index (χ0) is 16.0. The van der Waals surface area contributed by atoms with Crippen LogP contribution in [0, 0.1) is 34.6 Å². The van der Waals surface area contributed by atoms with Crippen LogP contribution in [-0.4, -0.2) is 5.11 Å². The quantitative estimate of drug-likeness (QED) is 0.820. The Morgan fingerprint density at radius 2 is 1.55 bits per heavy atom. The fourth-order valence-electron chi connectivity index (χ4n) is 3.45. The van der Waals surface area contributed by atoms with Gasteiger partial charge in [-0.25, -0.2) is 0 Å². The Labute approximate surface area is 132 Å². The van der Waals surface area contributed by atoms with Crippen LogP contribution >= 0.6 is 0 Å². The Hall–Kier alpha value is -1.80. The van der Waals surface area contributed by atoms with Crippen molar-refractivity contribution in [1.82, 2.24) is 0 Å². The second-order valence-corrected chi connectivity index (χ2v) is 6.63. The summed E-state index contributed by atoms with van der Waals surface area (Å²) in [6.07, 6.45) is 0.0664. The molecule has 0 radical (unpaired) electrons. The fourth-order valence-corrected chi connectivity index (χ4v) is 3.45. The molecule has 2 atom stereocenters. The molecular weight excluding hydrogens is 272 g/mol. The summed E-state index contributed by atoms with van der Waals surface area (Å²) >= 11 is 0. The van der Waals surface area contributed by atoms with E-state index in [-0.39, 0.29) is 6.10 Å². The molecule has 2 aromatic rings. The lowest BCUT2D eigenvalue weighted by Gasteiger charge is -2.32. The molecule has 1 heterocycles. The highest BCUT2D eigenvalue weighted by atomic mass is 16.5. The first-order valence-corrected chi connectivity index (χ1v) is 7.90. The molecule has 2 unspecified atom stereocenters. The average Bonchev–Trinajstić information content (AvgIpc) is 2.42. The van der Waals surface area contributed by atoms with Gasteiger partial charge in [0.25, 0.3) is 0 Å². The molecule has 1 aliphatic rings. The van der Waals surface area contributed by atoms with Crippen molar-refractivity contribution in [1.29, 1.82) is 0 Å². The highest BCUT2D eigenvalue weighted by Gasteiger charge is 2.29. The number of fused-ring (bicyclic) bond motifs is 1. The van der Waals surface area contributed by atoms with Crippen molar-refractivity contribution < 1.29 is 9.84 Å². The summed E-state index contributed by atoms with van der Waals surface area (Å²) in [7, 11) is 0. The Kier molecular flexibility index (Phi) is 3.73. The van der Waals surface area contributed by atoms with Gasteiger partial charge in [-0.3, -0.25) is 0 Å². The second kappa shape index (κ2) is 5.44. The van der Waals surface area contributed by atoms with E-state index in [0.29, 0.717) is 6.42 Å². The van der Waals surface area contributed by atoms with Crippen LogP contribution in [0.4, 0.5) is 0 Å². The van der Waals surface area contributed by atoms with E-state index in [2.05, 4.69) is 45.9 Å². The van der Waals surface area contributed by atoms with Crippen LogP contribution in [-0.2, 0) is 0 Å². The molecule has 0 amide bonds. The van der Waals surface area contributed by atoms with E-state index in [1.54, 1.807) is 0 Å². The van der Waals surface area contributed by atoms with Crippen molar-refractivity contribution in [2.45, 2.75) is 53.2 Å². The molecule has 1 N–H and O–H groups in total. The normalized spacial score (nSPS) is 20.5. The smallest absolute Gasteiger partial charge is 0.127 e. The molecule has 0 aliphatic carbocycles. The topological polar surface area (TPSA) is 29.5 Å². The van der Waals surface area contributed by atoms with Gasteiger partial charge >= 0.3 is 0 Å². The van der Waals surface area contributed by atoms with Crippen molar-refractivity contribution in [2.24, 2.45) is 0 Å². The lowest BCUT2D eigenvalue weighted by atomic mass is 9.89. The van der Waals surface area contributed by atoms with Gasteiger partial charge < -0.3 is 9.84 Å². The van der Waals surface area contributed by atoms with Gasteiger partial charge in [-0.1, -0.05) is 18.2 Å². The Morgan fingerprint density at radius 3 is 2.18 bits per heavy atom. The number of hydrogen-bond donors (Lipinski definition) is 1. The van der Waals surface area contributed by atoms with Gasteiger partial charge in [-0.2, -0.15) is 0 Å². The number of aliphatic hydroxyl groups excluding tert-OH is 1. The van der Waals surface area contributed by atoms with E-state index in [0.717, 1.165) is 22.4 Å². The van der Waals surface area contributed by atoms with Crippen LogP contribution in [0.1, 0.15) is 57.6 Å². The van der Waals surface area contributed by atoms with Gasteiger partial charge in [-0.05, 0) is 74.1 Å². The molecule has 2 aromatic carbocycles. The number of benzene rings is 2. The molecule has 22 heavy (non-hydrogen) atoms. The third kappa shape index (κ3) is 2.52. The van der Waals surface area contributed by atoms with E-state index >= 15 is 0 Å². The largest absolute Gasteiger partial charge is 0.485 e. The standard InChI is InChI=1S/C20H24O2/c1-11-6-14(4)20-17(21)10-18(22-19(20)7-11)16-8-12(2)15(5)13(3)9-16/h6-9,17-18,21H,10H2,1-5H3. The van der Waals surface area contributed by atoms with Crippen molar-refractivity contribution >= 4 is 0 Å². The zero-order valence-corrected chi connectivity index (χ0v) is 14.0. The van der Waals surface area contributed by atoms with Crippen molar-refractivity contribution in [3.8, 4) is 5.75 Å². The first-order valence-electron chi connectivity index (χ1n) is 7.90. The Balaban J connectivity index is 2.02. The number of rotatable bonds is 1. The number of hydrogen-bond acceptors (Lipinski definition) is 2. The molecule has 116 valence electrons. The van der Waals surface area contributed by atoms with Gasteiger partial charge in [0.05, 0.1) is 6.10 Å².